The lowest BCUT2D eigenvalue weighted by Crippen LogP contribution is -2.25. The molecule has 3 N–H and O–H groups in total. The summed E-state index contributed by atoms with van der Waals surface area (Å²) in [5.41, 5.74) is 7.67. The van der Waals surface area contributed by atoms with Gasteiger partial charge in [-0.15, -0.1) is 0 Å². The fourth-order valence-electron chi connectivity index (χ4n) is 1.81. The molecular formula is C13H16N4O. The number of nitrogens with zero attached hydrogens (tertiary/aromatic N) is 2. The zero-order valence-electron chi connectivity index (χ0n) is 10.5. The molecule has 2 rings (SSSR count). The van der Waals surface area contributed by atoms with Crippen molar-refractivity contribution < 1.29 is 4.79 Å². The second kappa shape index (κ2) is 5.00. The quantitative estimate of drug-likeness (QED) is 0.856. The lowest BCUT2D eigenvalue weighted by atomic mass is 10.2. The molecule has 1 amide bonds. The summed E-state index contributed by atoms with van der Waals surface area (Å²) in [6.07, 6.45) is 0.272. The van der Waals surface area contributed by atoms with Gasteiger partial charge in [-0.3, -0.25) is 4.79 Å². The first kappa shape index (κ1) is 12.3. The van der Waals surface area contributed by atoms with Crippen LogP contribution in [0.2, 0.25) is 0 Å². The van der Waals surface area contributed by atoms with E-state index in [1.54, 1.807) is 0 Å². The standard InChI is InChI=1S/C13H16N4O/c1-8(7-12(14)18)15-13-9(2)16-10-5-3-4-6-11(10)17-13/h3-6,8H,7H2,1-2H3,(H2,14,18)(H,15,17). The number of anilines is 1. The van der Waals surface area contributed by atoms with Gasteiger partial charge in [-0.05, 0) is 26.0 Å². The summed E-state index contributed by atoms with van der Waals surface area (Å²) < 4.78 is 0. The third kappa shape index (κ3) is 2.74. The molecule has 1 aromatic heterocycles. The minimum atomic E-state index is -0.332. The van der Waals surface area contributed by atoms with Crippen LogP contribution in [0, 0.1) is 6.92 Å². The Morgan fingerprint density at radius 3 is 2.56 bits per heavy atom. The second-order valence-electron chi connectivity index (χ2n) is 4.36. The molecule has 0 radical (unpaired) electrons. The Bertz CT molecular complexity index is 582. The average Bonchev–Trinajstić information content (AvgIpc) is 2.29. The molecule has 0 aliphatic heterocycles. The molecule has 5 nitrogen and oxygen atoms in total. The summed E-state index contributed by atoms with van der Waals surface area (Å²) in [5, 5.41) is 3.16. The van der Waals surface area contributed by atoms with Crippen LogP contribution in [0.15, 0.2) is 24.3 Å². The Morgan fingerprint density at radius 2 is 1.94 bits per heavy atom. The molecule has 0 saturated carbocycles. The molecule has 18 heavy (non-hydrogen) atoms. The minimum absolute atomic E-state index is 0.0586. The zero-order chi connectivity index (χ0) is 13.1. The summed E-state index contributed by atoms with van der Waals surface area (Å²) >= 11 is 0. The van der Waals surface area contributed by atoms with Crippen LogP contribution >= 0.6 is 0 Å². The van der Waals surface area contributed by atoms with Crippen LogP contribution in [0.3, 0.4) is 0 Å². The first-order valence-electron chi connectivity index (χ1n) is 5.84. The Kier molecular flexibility index (Phi) is 3.41. The Balaban J connectivity index is 2.27. The molecule has 0 saturated heterocycles. The average molecular weight is 244 g/mol. The highest BCUT2D eigenvalue weighted by molar-refractivity contribution is 5.77. The third-order valence-electron chi connectivity index (χ3n) is 2.64. The number of carbonyl (C=O) groups is 1. The van der Waals surface area contributed by atoms with Crippen LogP contribution < -0.4 is 11.1 Å². The van der Waals surface area contributed by atoms with Crippen molar-refractivity contribution in [1.82, 2.24) is 9.97 Å². The molecule has 1 aromatic carbocycles. The molecule has 0 fully saturated rings. The van der Waals surface area contributed by atoms with Gasteiger partial charge in [0.2, 0.25) is 5.91 Å². The summed E-state index contributed by atoms with van der Waals surface area (Å²) in [6, 6.07) is 7.62. The first-order chi connectivity index (χ1) is 8.56. The predicted octanol–water partition coefficient (Wildman–Crippen LogP) is 1.61. The molecule has 1 atom stereocenters. The van der Waals surface area contributed by atoms with Crippen molar-refractivity contribution in [2.45, 2.75) is 26.3 Å². The summed E-state index contributed by atoms with van der Waals surface area (Å²) in [7, 11) is 0. The molecule has 1 unspecified atom stereocenters. The summed E-state index contributed by atoms with van der Waals surface area (Å²) in [4.78, 5) is 19.8. The molecular weight excluding hydrogens is 228 g/mol. The fraction of sp³-hybridized carbons (Fsp3) is 0.308. The van der Waals surface area contributed by atoms with E-state index >= 15 is 0 Å². The molecule has 0 bridgehead atoms. The van der Waals surface area contributed by atoms with Crippen LogP contribution in [0.4, 0.5) is 5.82 Å². The van der Waals surface area contributed by atoms with Crippen LogP contribution in [-0.2, 0) is 4.79 Å². The largest absolute Gasteiger partial charge is 0.370 e. The van der Waals surface area contributed by atoms with E-state index in [1.165, 1.54) is 0 Å². The van der Waals surface area contributed by atoms with Crippen molar-refractivity contribution in [2.75, 3.05) is 5.32 Å². The van der Waals surface area contributed by atoms with Gasteiger partial charge in [0.25, 0.3) is 0 Å². The van der Waals surface area contributed by atoms with Gasteiger partial charge in [0.05, 0.1) is 16.7 Å². The highest BCUT2D eigenvalue weighted by atomic mass is 16.1. The first-order valence-corrected chi connectivity index (χ1v) is 5.84. The van der Waals surface area contributed by atoms with Gasteiger partial charge in [-0.1, -0.05) is 12.1 Å². The van der Waals surface area contributed by atoms with E-state index in [2.05, 4.69) is 15.3 Å². The number of hydrogen-bond donors (Lipinski definition) is 2. The SMILES string of the molecule is Cc1nc2ccccc2nc1NC(C)CC(N)=O. The van der Waals surface area contributed by atoms with Crippen molar-refractivity contribution in [3.05, 3.63) is 30.0 Å². The number of amides is 1. The van der Waals surface area contributed by atoms with Crippen molar-refractivity contribution in [3.8, 4) is 0 Å². The number of aryl methyl sites for hydroxylation is 1. The summed E-state index contributed by atoms with van der Waals surface area (Å²) in [5.74, 6) is 0.365. The number of primary amides is 1. The van der Waals surface area contributed by atoms with Gasteiger partial charge < -0.3 is 11.1 Å². The Labute approximate surface area is 105 Å². The van der Waals surface area contributed by atoms with Gasteiger partial charge in [-0.2, -0.15) is 0 Å². The van der Waals surface area contributed by atoms with Crippen molar-refractivity contribution in [3.63, 3.8) is 0 Å². The Hall–Kier alpha value is -2.17. The van der Waals surface area contributed by atoms with E-state index in [0.717, 1.165) is 16.7 Å². The highest BCUT2D eigenvalue weighted by Gasteiger charge is 2.10. The van der Waals surface area contributed by atoms with Gasteiger partial charge in [-0.25, -0.2) is 9.97 Å². The van der Waals surface area contributed by atoms with Gasteiger partial charge in [0.15, 0.2) is 0 Å². The maximum absolute atomic E-state index is 10.8. The van der Waals surface area contributed by atoms with Crippen LogP contribution in [0.5, 0.6) is 0 Å². The smallest absolute Gasteiger partial charge is 0.219 e. The number of para-hydroxylation sites is 2. The van der Waals surface area contributed by atoms with Gasteiger partial charge >= 0.3 is 0 Å². The molecule has 0 spiro atoms. The van der Waals surface area contributed by atoms with Crippen molar-refractivity contribution in [2.24, 2.45) is 5.73 Å². The number of hydrogen-bond acceptors (Lipinski definition) is 4. The van der Waals surface area contributed by atoms with E-state index in [1.807, 2.05) is 38.1 Å². The lowest BCUT2D eigenvalue weighted by molar-refractivity contribution is -0.118. The fourth-order valence-corrected chi connectivity index (χ4v) is 1.81. The van der Waals surface area contributed by atoms with Crippen LogP contribution in [0.1, 0.15) is 19.0 Å². The molecule has 2 aromatic rings. The van der Waals surface area contributed by atoms with E-state index in [9.17, 15) is 4.79 Å². The lowest BCUT2D eigenvalue weighted by Gasteiger charge is -2.14. The van der Waals surface area contributed by atoms with E-state index < -0.39 is 0 Å². The number of aromatic nitrogens is 2. The maximum atomic E-state index is 10.8. The molecule has 1 heterocycles. The van der Waals surface area contributed by atoms with Crippen LogP contribution in [0.25, 0.3) is 11.0 Å². The maximum Gasteiger partial charge on any atom is 0.219 e. The topological polar surface area (TPSA) is 80.9 Å². The van der Waals surface area contributed by atoms with Gasteiger partial charge in [0, 0.05) is 12.5 Å². The van der Waals surface area contributed by atoms with Crippen molar-refractivity contribution in [1.29, 1.82) is 0 Å². The Morgan fingerprint density at radius 1 is 1.33 bits per heavy atom. The number of benzene rings is 1. The number of rotatable bonds is 4. The highest BCUT2D eigenvalue weighted by Crippen LogP contribution is 2.16. The third-order valence-corrected chi connectivity index (χ3v) is 2.64. The molecule has 0 aliphatic rings. The van der Waals surface area contributed by atoms with Crippen molar-refractivity contribution >= 4 is 22.8 Å². The zero-order valence-corrected chi connectivity index (χ0v) is 10.5. The van der Waals surface area contributed by atoms with Gasteiger partial charge in [0.1, 0.15) is 5.82 Å². The van der Waals surface area contributed by atoms with E-state index in [-0.39, 0.29) is 18.4 Å². The summed E-state index contributed by atoms with van der Waals surface area (Å²) in [6.45, 7) is 3.78. The molecule has 5 heteroatoms. The van der Waals surface area contributed by atoms with E-state index in [4.69, 9.17) is 5.73 Å². The molecule has 94 valence electrons. The number of carbonyl (C=O) groups excluding carboxylic acids is 1. The normalized spacial score (nSPS) is 12.3. The minimum Gasteiger partial charge on any atom is -0.370 e. The van der Waals surface area contributed by atoms with Crippen LogP contribution in [-0.4, -0.2) is 21.9 Å². The second-order valence-corrected chi connectivity index (χ2v) is 4.36. The van der Waals surface area contributed by atoms with E-state index in [0.29, 0.717) is 5.82 Å². The number of nitrogens with one attached hydrogen (secondary N) is 1. The number of fused-ring (bicyclic) bond motifs is 1. The molecule has 0 aliphatic carbocycles. The number of nitrogens with two attached hydrogens (primary N) is 1. The predicted molar refractivity (Wildman–Crippen MR) is 71.2 cm³/mol. The monoisotopic (exact) mass is 244 g/mol.